The molecule has 2 N–H and O–H groups in total. The van der Waals surface area contributed by atoms with E-state index in [0.29, 0.717) is 18.3 Å². The van der Waals surface area contributed by atoms with Gasteiger partial charge in [0.1, 0.15) is 6.29 Å². The van der Waals surface area contributed by atoms with Crippen molar-refractivity contribution in [2.45, 2.75) is 38.8 Å². The number of fused-ring (bicyclic) bond motifs is 1. The first kappa shape index (κ1) is 18.4. The van der Waals surface area contributed by atoms with Crippen LogP contribution in [0.4, 0.5) is 4.39 Å². The molecule has 1 aromatic rings. The number of hydrogen-bond acceptors (Lipinski definition) is 4. The normalized spacial score (nSPS) is 33.8. The van der Waals surface area contributed by atoms with Gasteiger partial charge in [0.05, 0.1) is 6.42 Å². The van der Waals surface area contributed by atoms with Gasteiger partial charge >= 0.3 is 0 Å². The van der Waals surface area contributed by atoms with Crippen LogP contribution in [0, 0.1) is 18.8 Å². The van der Waals surface area contributed by atoms with Gasteiger partial charge in [-0.3, -0.25) is 19.8 Å². The maximum absolute atomic E-state index is 13.7. The summed E-state index contributed by atoms with van der Waals surface area (Å²) in [5.41, 5.74) is 2.24. The Bertz CT molecular complexity index is 728. The number of carbonyl (C=O) groups is 2. The lowest BCUT2D eigenvalue weighted by Crippen LogP contribution is -2.67. The van der Waals surface area contributed by atoms with Crippen LogP contribution in [0.15, 0.2) is 24.3 Å². The van der Waals surface area contributed by atoms with Gasteiger partial charge in [-0.05, 0) is 36.8 Å². The SMILES string of the molecule is Cc1ccccc1CC(=O)N1CC2CN(C3NC(=O)C(F)C(C)N3)CC2C1. The number of nitrogens with one attached hydrogen (secondary N) is 2. The molecule has 3 fully saturated rings. The molecule has 0 radical (unpaired) electrons. The summed E-state index contributed by atoms with van der Waals surface area (Å²) in [4.78, 5) is 28.6. The van der Waals surface area contributed by atoms with Crippen LogP contribution in [0.5, 0.6) is 0 Å². The second-order valence-corrected chi connectivity index (χ2v) is 8.14. The van der Waals surface area contributed by atoms with Crippen molar-refractivity contribution in [2.75, 3.05) is 26.2 Å². The van der Waals surface area contributed by atoms with Gasteiger partial charge < -0.3 is 10.2 Å². The zero-order valence-corrected chi connectivity index (χ0v) is 15.8. The van der Waals surface area contributed by atoms with E-state index in [4.69, 9.17) is 0 Å². The molecule has 5 unspecified atom stereocenters. The summed E-state index contributed by atoms with van der Waals surface area (Å²) in [6.07, 6.45) is -1.37. The summed E-state index contributed by atoms with van der Waals surface area (Å²) in [5.74, 6) is 0.451. The zero-order valence-electron chi connectivity index (χ0n) is 15.8. The molecule has 0 aromatic heterocycles. The van der Waals surface area contributed by atoms with Gasteiger partial charge in [-0.15, -0.1) is 0 Å². The van der Waals surface area contributed by atoms with Crippen LogP contribution in [-0.4, -0.2) is 66.3 Å². The minimum Gasteiger partial charge on any atom is -0.342 e. The fourth-order valence-corrected chi connectivity index (χ4v) is 4.54. The molecular weight excluding hydrogens is 347 g/mol. The number of nitrogens with zero attached hydrogens (tertiary/aromatic N) is 2. The number of likely N-dealkylation sites (tertiary alicyclic amines) is 2. The van der Waals surface area contributed by atoms with Crippen LogP contribution in [0.1, 0.15) is 18.1 Å². The maximum Gasteiger partial charge on any atom is 0.258 e. The number of hydrogen-bond donors (Lipinski definition) is 2. The first-order chi connectivity index (χ1) is 12.9. The van der Waals surface area contributed by atoms with E-state index in [1.807, 2.05) is 36.1 Å². The molecule has 7 heteroatoms. The van der Waals surface area contributed by atoms with Gasteiger partial charge in [0.15, 0.2) is 6.17 Å². The third-order valence-corrected chi connectivity index (χ3v) is 6.22. The van der Waals surface area contributed by atoms with Crippen molar-refractivity contribution in [2.24, 2.45) is 11.8 Å². The molecule has 0 spiro atoms. The number of halogens is 1. The number of carbonyl (C=O) groups excluding carboxylic acids is 2. The minimum absolute atomic E-state index is 0.184. The minimum atomic E-state index is -1.50. The summed E-state index contributed by atoms with van der Waals surface area (Å²) >= 11 is 0. The number of alkyl halides is 1. The quantitative estimate of drug-likeness (QED) is 0.816. The van der Waals surface area contributed by atoms with Crippen LogP contribution in [0.25, 0.3) is 0 Å². The molecule has 0 saturated carbocycles. The molecule has 4 rings (SSSR count). The van der Waals surface area contributed by atoms with Crippen molar-refractivity contribution in [3.63, 3.8) is 0 Å². The molecule has 146 valence electrons. The third kappa shape index (κ3) is 3.58. The van der Waals surface area contributed by atoms with E-state index in [-0.39, 0.29) is 12.2 Å². The Kier molecular flexibility index (Phi) is 4.90. The largest absolute Gasteiger partial charge is 0.342 e. The highest BCUT2D eigenvalue weighted by Gasteiger charge is 2.45. The van der Waals surface area contributed by atoms with Crippen LogP contribution in [0.2, 0.25) is 0 Å². The molecule has 5 atom stereocenters. The molecule has 3 heterocycles. The average Bonchev–Trinajstić information content (AvgIpc) is 3.20. The van der Waals surface area contributed by atoms with Crippen LogP contribution < -0.4 is 10.6 Å². The number of rotatable bonds is 3. The Hall–Kier alpha value is -1.99. The molecule has 6 nitrogen and oxygen atoms in total. The number of aryl methyl sites for hydroxylation is 1. The Morgan fingerprint density at radius 2 is 1.85 bits per heavy atom. The summed E-state index contributed by atoms with van der Waals surface area (Å²) in [6.45, 7) is 6.86. The highest BCUT2D eigenvalue weighted by Crippen LogP contribution is 2.32. The van der Waals surface area contributed by atoms with Gasteiger partial charge in [0.2, 0.25) is 5.91 Å². The van der Waals surface area contributed by atoms with Gasteiger partial charge in [-0.1, -0.05) is 24.3 Å². The first-order valence-electron chi connectivity index (χ1n) is 9.69. The van der Waals surface area contributed by atoms with Gasteiger partial charge in [-0.25, -0.2) is 4.39 Å². The van der Waals surface area contributed by atoms with Crippen LogP contribution >= 0.6 is 0 Å². The molecule has 1 aromatic carbocycles. The van der Waals surface area contributed by atoms with Gasteiger partial charge in [-0.2, -0.15) is 0 Å². The standard InChI is InChI=1S/C20H27FN4O2/c1-12-5-3-4-6-14(12)7-17(26)24-8-15-10-25(11-16(15)9-24)20-22-13(2)18(21)19(27)23-20/h3-6,13,15-16,18,20,22H,7-11H2,1-2H3,(H,23,27). The van der Waals surface area contributed by atoms with E-state index in [1.165, 1.54) is 0 Å². The lowest BCUT2D eigenvalue weighted by Gasteiger charge is -2.37. The first-order valence-corrected chi connectivity index (χ1v) is 9.69. The summed E-state index contributed by atoms with van der Waals surface area (Å²) < 4.78 is 13.7. The van der Waals surface area contributed by atoms with Crippen molar-refractivity contribution >= 4 is 11.8 Å². The Balaban J connectivity index is 1.32. The Morgan fingerprint density at radius 1 is 1.19 bits per heavy atom. The predicted octanol–water partition coefficient (Wildman–Crippen LogP) is 0.657. The number of amides is 2. The van der Waals surface area contributed by atoms with Crippen molar-refractivity contribution < 1.29 is 14.0 Å². The smallest absolute Gasteiger partial charge is 0.258 e. The lowest BCUT2D eigenvalue weighted by molar-refractivity contribution is -0.133. The third-order valence-electron chi connectivity index (χ3n) is 6.22. The van der Waals surface area contributed by atoms with E-state index in [2.05, 4.69) is 15.5 Å². The molecular formula is C20H27FN4O2. The summed E-state index contributed by atoms with van der Waals surface area (Å²) in [5, 5.41) is 5.86. The fourth-order valence-electron chi connectivity index (χ4n) is 4.54. The highest BCUT2D eigenvalue weighted by atomic mass is 19.1. The summed E-state index contributed by atoms with van der Waals surface area (Å²) in [7, 11) is 0. The highest BCUT2D eigenvalue weighted by molar-refractivity contribution is 5.82. The van der Waals surface area contributed by atoms with Gasteiger partial charge in [0.25, 0.3) is 5.91 Å². The molecule has 0 bridgehead atoms. The predicted molar refractivity (Wildman–Crippen MR) is 99.4 cm³/mol. The van der Waals surface area contributed by atoms with Crippen LogP contribution in [0.3, 0.4) is 0 Å². The fraction of sp³-hybridized carbons (Fsp3) is 0.600. The van der Waals surface area contributed by atoms with E-state index < -0.39 is 18.1 Å². The topological polar surface area (TPSA) is 64.7 Å². The molecule has 3 aliphatic rings. The van der Waals surface area contributed by atoms with Crippen molar-refractivity contribution in [1.82, 2.24) is 20.4 Å². The van der Waals surface area contributed by atoms with Gasteiger partial charge in [0, 0.05) is 32.2 Å². The molecule has 2 amide bonds. The summed E-state index contributed by atoms with van der Waals surface area (Å²) in [6, 6.07) is 7.52. The second-order valence-electron chi connectivity index (χ2n) is 8.14. The molecule has 3 aliphatic heterocycles. The molecule has 3 saturated heterocycles. The van der Waals surface area contributed by atoms with E-state index in [1.54, 1.807) is 6.92 Å². The molecule has 27 heavy (non-hydrogen) atoms. The zero-order chi connectivity index (χ0) is 19.1. The van der Waals surface area contributed by atoms with E-state index in [0.717, 1.165) is 37.3 Å². The van der Waals surface area contributed by atoms with Crippen molar-refractivity contribution in [3.05, 3.63) is 35.4 Å². The number of benzene rings is 1. The Labute approximate surface area is 159 Å². The molecule has 0 aliphatic carbocycles. The maximum atomic E-state index is 13.7. The Morgan fingerprint density at radius 3 is 2.48 bits per heavy atom. The van der Waals surface area contributed by atoms with Crippen molar-refractivity contribution in [1.29, 1.82) is 0 Å². The lowest BCUT2D eigenvalue weighted by atomic mass is 10.0. The van der Waals surface area contributed by atoms with Crippen molar-refractivity contribution in [3.8, 4) is 0 Å². The monoisotopic (exact) mass is 374 g/mol. The van der Waals surface area contributed by atoms with E-state index in [9.17, 15) is 14.0 Å². The van der Waals surface area contributed by atoms with Crippen LogP contribution in [-0.2, 0) is 16.0 Å². The average molecular weight is 374 g/mol. The van der Waals surface area contributed by atoms with E-state index >= 15 is 0 Å². The second kappa shape index (κ2) is 7.20.